The summed E-state index contributed by atoms with van der Waals surface area (Å²) < 4.78 is 0. The first kappa shape index (κ1) is 19.6. The van der Waals surface area contributed by atoms with Crippen molar-refractivity contribution in [1.82, 2.24) is 0 Å². The maximum absolute atomic E-state index is 9.49. The van der Waals surface area contributed by atoms with Crippen molar-refractivity contribution in [2.75, 3.05) is 34.8 Å². The molecule has 134 valence electrons. The lowest BCUT2D eigenvalue weighted by atomic mass is 10.2. The van der Waals surface area contributed by atoms with Gasteiger partial charge in [0.1, 0.15) is 0 Å². The molecule has 2 aromatic rings. The summed E-state index contributed by atoms with van der Waals surface area (Å²) in [4.78, 5) is 0. The Labute approximate surface area is 160 Å². The number of anilines is 4. The van der Waals surface area contributed by atoms with Crippen LogP contribution in [0.1, 0.15) is 0 Å². The molecule has 0 heterocycles. The molecule has 0 aliphatic carbocycles. The topological polar surface area (TPSA) is 103 Å². The van der Waals surface area contributed by atoms with Gasteiger partial charge >= 0.3 is 0 Å². The summed E-state index contributed by atoms with van der Waals surface area (Å²) in [5, 5.41) is 28.7. The third-order valence-electron chi connectivity index (χ3n) is 3.25. The van der Waals surface area contributed by atoms with Crippen molar-refractivity contribution in [3.8, 4) is 0 Å². The van der Waals surface area contributed by atoms with Crippen LogP contribution in [-0.2, 0) is 0 Å². The van der Waals surface area contributed by atoms with E-state index in [9.17, 15) is 5.11 Å². The third-order valence-corrected chi connectivity index (χ3v) is 4.00. The highest BCUT2D eigenvalue weighted by molar-refractivity contribution is 7.80. The van der Waals surface area contributed by atoms with Crippen molar-refractivity contribution in [1.29, 1.82) is 0 Å². The van der Waals surface area contributed by atoms with Gasteiger partial charge in [0.15, 0.2) is 5.11 Å². The minimum atomic E-state index is -0.898. The highest BCUT2D eigenvalue weighted by Gasteiger charge is 2.11. The van der Waals surface area contributed by atoms with Crippen LogP contribution in [0.5, 0.6) is 0 Å². The van der Waals surface area contributed by atoms with Gasteiger partial charge in [0.25, 0.3) is 0 Å². The summed E-state index contributed by atoms with van der Waals surface area (Å²) in [6, 6.07) is 10.3. The Morgan fingerprint density at radius 1 is 1.16 bits per heavy atom. The van der Waals surface area contributed by atoms with Gasteiger partial charge in [-0.1, -0.05) is 29.3 Å². The van der Waals surface area contributed by atoms with Gasteiger partial charge in [0.2, 0.25) is 0 Å². The number of para-hydroxylation sites is 1. The number of nitrogen functional groups attached to an aromatic ring is 1. The molecule has 0 radical (unpaired) electrons. The van der Waals surface area contributed by atoms with E-state index in [4.69, 9.17) is 46.3 Å². The number of aliphatic hydroxyl groups is 2. The van der Waals surface area contributed by atoms with E-state index in [-0.39, 0.29) is 13.2 Å². The monoisotopic (exact) mass is 400 g/mol. The molecular formula is C16H18Cl2N4O2S. The smallest absolute Gasteiger partial charge is 0.175 e. The zero-order valence-electron chi connectivity index (χ0n) is 13.1. The molecule has 0 amide bonds. The molecule has 0 aromatic heterocycles. The van der Waals surface area contributed by atoms with Gasteiger partial charge in [0, 0.05) is 11.6 Å². The lowest BCUT2D eigenvalue weighted by molar-refractivity contribution is 0.105. The number of benzene rings is 2. The van der Waals surface area contributed by atoms with Crippen LogP contribution in [0.2, 0.25) is 10.0 Å². The number of thiocarbonyl (C=S) groups is 1. The van der Waals surface area contributed by atoms with Gasteiger partial charge in [-0.05, 0) is 42.5 Å². The number of hydrogen-bond donors (Lipinski definition) is 6. The second-order valence-corrected chi connectivity index (χ2v) is 6.44. The summed E-state index contributed by atoms with van der Waals surface area (Å²) in [6.07, 6.45) is -0.898. The first-order valence-electron chi connectivity index (χ1n) is 7.35. The molecule has 1 atom stereocenters. The fourth-order valence-electron chi connectivity index (χ4n) is 2.02. The SMILES string of the molecule is Nc1cccc(NC(=S)Nc2ccc(Cl)cc2Cl)c1NCC(O)CO. The van der Waals surface area contributed by atoms with Crippen LogP contribution in [0, 0.1) is 0 Å². The Morgan fingerprint density at radius 2 is 1.88 bits per heavy atom. The molecule has 0 fully saturated rings. The zero-order chi connectivity index (χ0) is 18.4. The summed E-state index contributed by atoms with van der Waals surface area (Å²) in [7, 11) is 0. The van der Waals surface area contributed by atoms with E-state index < -0.39 is 6.10 Å². The van der Waals surface area contributed by atoms with Gasteiger partial charge in [-0.2, -0.15) is 0 Å². The van der Waals surface area contributed by atoms with E-state index >= 15 is 0 Å². The second-order valence-electron chi connectivity index (χ2n) is 5.19. The average Bonchev–Trinajstić information content (AvgIpc) is 2.56. The number of rotatable bonds is 6. The van der Waals surface area contributed by atoms with E-state index in [1.165, 1.54) is 0 Å². The van der Waals surface area contributed by atoms with E-state index in [1.54, 1.807) is 36.4 Å². The predicted molar refractivity (Wildman–Crippen MR) is 109 cm³/mol. The maximum atomic E-state index is 9.49. The lowest BCUT2D eigenvalue weighted by Crippen LogP contribution is -2.25. The van der Waals surface area contributed by atoms with Crippen LogP contribution in [-0.4, -0.2) is 34.6 Å². The Balaban J connectivity index is 2.10. The number of halogens is 2. The Kier molecular flexibility index (Phi) is 7.10. The molecule has 2 aromatic carbocycles. The summed E-state index contributed by atoms with van der Waals surface area (Å²) in [6.45, 7) is -0.208. The van der Waals surface area contributed by atoms with Crippen LogP contribution in [0.25, 0.3) is 0 Å². The van der Waals surface area contributed by atoms with Crippen molar-refractivity contribution in [3.63, 3.8) is 0 Å². The summed E-state index contributed by atoms with van der Waals surface area (Å²) >= 11 is 17.3. The first-order valence-corrected chi connectivity index (χ1v) is 8.51. The molecule has 1 unspecified atom stereocenters. The molecule has 2 rings (SSSR count). The van der Waals surface area contributed by atoms with Gasteiger partial charge in [0.05, 0.1) is 40.5 Å². The van der Waals surface area contributed by atoms with Gasteiger partial charge in [-0.25, -0.2) is 0 Å². The minimum Gasteiger partial charge on any atom is -0.397 e. The standard InChI is InChI=1S/C16H18Cl2N4O2S/c17-9-4-5-13(11(18)6-9)21-16(25)22-14-3-1-2-12(19)15(14)20-7-10(24)8-23/h1-6,10,20,23-24H,7-8,19H2,(H2,21,22,25). The molecular weight excluding hydrogens is 383 g/mol. The van der Waals surface area contributed by atoms with Crippen molar-refractivity contribution < 1.29 is 10.2 Å². The third kappa shape index (κ3) is 5.62. The van der Waals surface area contributed by atoms with Crippen LogP contribution >= 0.6 is 35.4 Å². The molecule has 25 heavy (non-hydrogen) atoms. The fraction of sp³-hybridized carbons (Fsp3) is 0.188. The van der Waals surface area contributed by atoms with Crippen molar-refractivity contribution in [2.45, 2.75) is 6.10 Å². The van der Waals surface area contributed by atoms with Gasteiger partial charge in [-0.3, -0.25) is 0 Å². The van der Waals surface area contributed by atoms with Gasteiger partial charge in [-0.15, -0.1) is 0 Å². The highest BCUT2D eigenvalue weighted by atomic mass is 35.5. The quantitative estimate of drug-likeness (QED) is 0.327. The van der Waals surface area contributed by atoms with Crippen LogP contribution < -0.4 is 21.7 Å². The Hall–Kier alpha value is -1.77. The zero-order valence-corrected chi connectivity index (χ0v) is 15.4. The fourth-order valence-corrected chi connectivity index (χ4v) is 2.70. The van der Waals surface area contributed by atoms with Gasteiger partial charge < -0.3 is 31.9 Å². The molecule has 0 bridgehead atoms. The summed E-state index contributed by atoms with van der Waals surface area (Å²) in [5.41, 5.74) is 8.24. The molecule has 0 spiro atoms. The molecule has 6 nitrogen and oxygen atoms in total. The van der Waals surface area contributed by atoms with Crippen LogP contribution in [0.4, 0.5) is 22.7 Å². The second kappa shape index (κ2) is 9.07. The number of nitrogens with two attached hydrogens (primary N) is 1. The largest absolute Gasteiger partial charge is 0.397 e. The normalized spacial score (nSPS) is 11.7. The molecule has 0 aliphatic heterocycles. The van der Waals surface area contributed by atoms with E-state index in [2.05, 4.69) is 16.0 Å². The number of aliphatic hydroxyl groups excluding tert-OH is 2. The summed E-state index contributed by atoms with van der Waals surface area (Å²) in [5.74, 6) is 0. The Bertz CT molecular complexity index is 761. The molecule has 9 heteroatoms. The molecule has 0 saturated heterocycles. The Morgan fingerprint density at radius 3 is 2.56 bits per heavy atom. The van der Waals surface area contributed by atoms with Crippen LogP contribution in [0.15, 0.2) is 36.4 Å². The van der Waals surface area contributed by atoms with Crippen molar-refractivity contribution in [3.05, 3.63) is 46.4 Å². The van der Waals surface area contributed by atoms with E-state index in [0.29, 0.717) is 37.9 Å². The number of nitrogens with one attached hydrogen (secondary N) is 3. The molecule has 0 aliphatic rings. The lowest BCUT2D eigenvalue weighted by Gasteiger charge is -2.18. The highest BCUT2D eigenvalue weighted by Crippen LogP contribution is 2.29. The minimum absolute atomic E-state index is 0.141. The average molecular weight is 401 g/mol. The molecule has 7 N–H and O–H groups in total. The maximum Gasteiger partial charge on any atom is 0.175 e. The van der Waals surface area contributed by atoms with Crippen molar-refractivity contribution >= 4 is 63.3 Å². The predicted octanol–water partition coefficient (Wildman–Crippen LogP) is 3.15. The first-order chi connectivity index (χ1) is 11.9. The molecule has 0 saturated carbocycles. The van der Waals surface area contributed by atoms with E-state index in [1.807, 2.05) is 0 Å². The van der Waals surface area contributed by atoms with E-state index in [0.717, 1.165) is 0 Å². The van der Waals surface area contributed by atoms with Crippen LogP contribution in [0.3, 0.4) is 0 Å². The number of hydrogen-bond acceptors (Lipinski definition) is 5. The van der Waals surface area contributed by atoms with Crippen molar-refractivity contribution in [2.24, 2.45) is 0 Å².